The van der Waals surface area contributed by atoms with E-state index in [1.54, 1.807) is 9.80 Å². The Morgan fingerprint density at radius 1 is 1.04 bits per heavy atom. The number of rotatable bonds is 2. The molecule has 0 spiro atoms. The molecule has 0 bridgehead atoms. The van der Waals surface area contributed by atoms with Gasteiger partial charge in [0.15, 0.2) is 0 Å². The summed E-state index contributed by atoms with van der Waals surface area (Å²) in [7, 11) is 2.79. The third-order valence-corrected chi connectivity index (χ3v) is 4.16. The Morgan fingerprint density at radius 3 is 2.35 bits per heavy atom. The first-order valence-electron chi connectivity index (χ1n) is 7.13. The lowest BCUT2D eigenvalue weighted by atomic mass is 10.1. The molecule has 0 N–H and O–H groups in total. The first kappa shape index (κ1) is 17.7. The van der Waals surface area contributed by atoms with Crippen LogP contribution in [0.2, 0.25) is 10.0 Å². The number of carbonyl (C=O) groups excluding carboxylic acids is 2. The molecule has 1 aliphatic heterocycles. The average Bonchev–Trinajstić information content (AvgIpc) is 2.78. The second-order valence-corrected chi connectivity index (χ2v) is 5.91. The van der Waals surface area contributed by atoms with Gasteiger partial charge in [-0.05, 0) is 18.6 Å². The molecule has 1 saturated heterocycles. The average molecular weight is 361 g/mol. The number of halogens is 2. The molecule has 1 heterocycles. The molecule has 23 heavy (non-hydrogen) atoms. The van der Waals surface area contributed by atoms with Crippen LogP contribution < -0.4 is 4.74 Å². The van der Waals surface area contributed by atoms with Crippen LogP contribution in [0.5, 0.6) is 5.75 Å². The van der Waals surface area contributed by atoms with Crippen molar-refractivity contribution in [3.63, 3.8) is 0 Å². The van der Waals surface area contributed by atoms with Crippen molar-refractivity contribution in [2.75, 3.05) is 40.4 Å². The fraction of sp³-hybridized carbons (Fsp3) is 0.467. The quantitative estimate of drug-likeness (QED) is 0.813. The van der Waals surface area contributed by atoms with Crippen LogP contribution in [-0.4, -0.2) is 62.2 Å². The van der Waals surface area contributed by atoms with Gasteiger partial charge in [0.25, 0.3) is 5.91 Å². The van der Waals surface area contributed by atoms with Crippen LogP contribution in [0.15, 0.2) is 12.1 Å². The van der Waals surface area contributed by atoms with E-state index in [4.69, 9.17) is 32.7 Å². The van der Waals surface area contributed by atoms with E-state index in [1.165, 1.54) is 26.4 Å². The van der Waals surface area contributed by atoms with Gasteiger partial charge in [-0.25, -0.2) is 4.79 Å². The molecule has 1 aliphatic rings. The lowest BCUT2D eigenvalue weighted by Crippen LogP contribution is -2.37. The van der Waals surface area contributed by atoms with Gasteiger partial charge in [-0.3, -0.25) is 4.79 Å². The zero-order chi connectivity index (χ0) is 17.0. The molecule has 0 unspecified atom stereocenters. The molecule has 0 aliphatic carbocycles. The number of nitrogens with zero attached hydrogens (tertiary/aromatic N) is 2. The highest BCUT2D eigenvalue weighted by Crippen LogP contribution is 2.33. The zero-order valence-corrected chi connectivity index (χ0v) is 14.5. The highest BCUT2D eigenvalue weighted by molar-refractivity contribution is 6.36. The van der Waals surface area contributed by atoms with Gasteiger partial charge in [0, 0.05) is 31.2 Å². The Balaban J connectivity index is 2.19. The molecule has 1 fully saturated rings. The maximum atomic E-state index is 12.8. The largest absolute Gasteiger partial charge is 0.494 e. The Labute approximate surface area is 144 Å². The van der Waals surface area contributed by atoms with E-state index in [2.05, 4.69) is 0 Å². The fourth-order valence-electron chi connectivity index (χ4n) is 2.53. The van der Waals surface area contributed by atoms with Crippen molar-refractivity contribution in [3.05, 3.63) is 27.7 Å². The first-order chi connectivity index (χ1) is 11.0. The van der Waals surface area contributed by atoms with Gasteiger partial charge < -0.3 is 19.3 Å². The number of hydrogen-bond donors (Lipinski definition) is 0. The van der Waals surface area contributed by atoms with Crippen LogP contribution in [0, 0.1) is 0 Å². The predicted octanol–water partition coefficient (Wildman–Crippen LogP) is 2.92. The van der Waals surface area contributed by atoms with Crippen molar-refractivity contribution < 1.29 is 19.1 Å². The molecule has 0 saturated carbocycles. The number of hydrogen-bond acceptors (Lipinski definition) is 4. The summed E-state index contributed by atoms with van der Waals surface area (Å²) in [6, 6.07) is 3.07. The molecule has 1 aromatic carbocycles. The third-order valence-electron chi connectivity index (χ3n) is 3.66. The van der Waals surface area contributed by atoms with E-state index in [0.29, 0.717) is 48.9 Å². The lowest BCUT2D eigenvalue weighted by Gasteiger charge is -2.22. The van der Waals surface area contributed by atoms with Crippen LogP contribution >= 0.6 is 23.2 Å². The molecule has 1 aromatic rings. The second kappa shape index (κ2) is 7.75. The lowest BCUT2D eigenvalue weighted by molar-refractivity contribution is 0.0754. The number of amides is 2. The van der Waals surface area contributed by atoms with Crippen LogP contribution in [0.3, 0.4) is 0 Å². The minimum atomic E-state index is -0.386. The van der Waals surface area contributed by atoms with Crippen LogP contribution in [-0.2, 0) is 4.74 Å². The third kappa shape index (κ3) is 4.00. The van der Waals surface area contributed by atoms with E-state index in [0.717, 1.165) is 0 Å². The predicted molar refractivity (Wildman–Crippen MR) is 87.5 cm³/mol. The molecule has 8 heteroatoms. The first-order valence-corrected chi connectivity index (χ1v) is 7.88. The minimum absolute atomic E-state index is 0.224. The van der Waals surface area contributed by atoms with Crippen molar-refractivity contribution in [2.24, 2.45) is 0 Å². The summed E-state index contributed by atoms with van der Waals surface area (Å²) in [4.78, 5) is 27.6. The summed E-state index contributed by atoms with van der Waals surface area (Å²) >= 11 is 12.1. The normalized spacial score (nSPS) is 15.1. The molecule has 6 nitrogen and oxygen atoms in total. The summed E-state index contributed by atoms with van der Waals surface area (Å²) in [5.41, 5.74) is 0.316. The topological polar surface area (TPSA) is 59.1 Å². The maximum Gasteiger partial charge on any atom is 0.409 e. The molecule has 2 rings (SSSR count). The molecule has 0 atom stereocenters. The Bertz CT molecular complexity index is 609. The van der Waals surface area contributed by atoms with Crippen molar-refractivity contribution >= 4 is 35.2 Å². The smallest absolute Gasteiger partial charge is 0.409 e. The fourth-order valence-corrected chi connectivity index (χ4v) is 3.10. The van der Waals surface area contributed by atoms with E-state index in [9.17, 15) is 9.59 Å². The summed E-state index contributed by atoms with van der Waals surface area (Å²) in [6.07, 6.45) is 0.278. The molecular weight excluding hydrogens is 343 g/mol. The zero-order valence-electron chi connectivity index (χ0n) is 13.0. The van der Waals surface area contributed by atoms with Gasteiger partial charge in [0.1, 0.15) is 5.75 Å². The van der Waals surface area contributed by atoms with E-state index in [-0.39, 0.29) is 17.0 Å². The Kier molecular flexibility index (Phi) is 5.96. The van der Waals surface area contributed by atoms with Crippen molar-refractivity contribution in [3.8, 4) is 5.75 Å². The van der Waals surface area contributed by atoms with Gasteiger partial charge in [-0.2, -0.15) is 0 Å². The van der Waals surface area contributed by atoms with Crippen LogP contribution in [0.25, 0.3) is 0 Å². The molecule has 126 valence electrons. The number of ether oxygens (including phenoxy) is 2. The number of methoxy groups -OCH3 is 2. The molecular formula is C15H18Cl2N2O4. The monoisotopic (exact) mass is 360 g/mol. The molecule has 0 aromatic heterocycles. The van der Waals surface area contributed by atoms with Gasteiger partial charge in [-0.1, -0.05) is 23.2 Å². The SMILES string of the molecule is COC(=O)N1CCCN(C(=O)c2cc(Cl)cc(Cl)c2OC)CC1. The van der Waals surface area contributed by atoms with E-state index < -0.39 is 0 Å². The summed E-state index contributed by atoms with van der Waals surface area (Å²) in [5, 5.41) is 0.652. The van der Waals surface area contributed by atoms with Crippen molar-refractivity contribution in [2.45, 2.75) is 6.42 Å². The van der Waals surface area contributed by atoms with Gasteiger partial charge in [0.05, 0.1) is 24.8 Å². The highest BCUT2D eigenvalue weighted by atomic mass is 35.5. The Morgan fingerprint density at radius 2 is 1.70 bits per heavy atom. The summed E-state index contributed by atoms with van der Waals surface area (Å²) in [6.45, 7) is 1.89. The minimum Gasteiger partial charge on any atom is -0.494 e. The number of carbonyl (C=O) groups is 2. The molecule has 0 radical (unpaired) electrons. The van der Waals surface area contributed by atoms with Gasteiger partial charge in [-0.15, -0.1) is 0 Å². The molecule has 2 amide bonds. The van der Waals surface area contributed by atoms with E-state index in [1.807, 2.05) is 0 Å². The number of benzene rings is 1. The van der Waals surface area contributed by atoms with E-state index >= 15 is 0 Å². The van der Waals surface area contributed by atoms with Crippen molar-refractivity contribution in [1.82, 2.24) is 9.80 Å². The summed E-state index contributed by atoms with van der Waals surface area (Å²) in [5.74, 6) is 0.0769. The summed E-state index contributed by atoms with van der Waals surface area (Å²) < 4.78 is 9.95. The van der Waals surface area contributed by atoms with Crippen LogP contribution in [0.4, 0.5) is 4.79 Å². The van der Waals surface area contributed by atoms with Gasteiger partial charge in [0.2, 0.25) is 0 Å². The van der Waals surface area contributed by atoms with Crippen LogP contribution in [0.1, 0.15) is 16.8 Å². The van der Waals surface area contributed by atoms with Crippen molar-refractivity contribution in [1.29, 1.82) is 0 Å². The highest BCUT2D eigenvalue weighted by Gasteiger charge is 2.26. The Hall–Kier alpha value is -1.66. The maximum absolute atomic E-state index is 12.8. The van der Waals surface area contributed by atoms with Gasteiger partial charge >= 0.3 is 6.09 Å². The standard InChI is InChI=1S/C15H18Cl2N2O4/c1-22-13-11(8-10(16)9-12(13)17)14(20)18-4-3-5-19(7-6-18)15(21)23-2/h8-9H,3-7H2,1-2H3. The second-order valence-electron chi connectivity index (χ2n) is 5.07.